The van der Waals surface area contributed by atoms with Crippen molar-refractivity contribution in [3.05, 3.63) is 60.0 Å². The van der Waals surface area contributed by atoms with E-state index in [1.54, 1.807) is 7.11 Å². The summed E-state index contributed by atoms with van der Waals surface area (Å²) in [5, 5.41) is 13.7. The first kappa shape index (κ1) is 20.2. The van der Waals surface area contributed by atoms with Crippen molar-refractivity contribution in [3.63, 3.8) is 0 Å². The third kappa shape index (κ3) is 4.23. The molecule has 4 rings (SSSR count). The molecule has 2 aromatic heterocycles. The standard InChI is InChI=1S/C22H23N5O2S/c1-4-15-6-8-16(9-7-15)20-23-19(29-26-20)14-30-22-25-24-21(27(22)5-2)17-10-12-18(28-3)13-11-17/h6-13H,4-5,14H2,1-3H3. The molecule has 8 heteroatoms. The van der Waals surface area contributed by atoms with Crippen molar-refractivity contribution < 1.29 is 9.26 Å². The highest BCUT2D eigenvalue weighted by atomic mass is 32.2. The average molecular weight is 422 g/mol. The Morgan fingerprint density at radius 1 is 0.967 bits per heavy atom. The molecule has 0 unspecified atom stereocenters. The summed E-state index contributed by atoms with van der Waals surface area (Å²) < 4.78 is 12.7. The van der Waals surface area contributed by atoms with Gasteiger partial charge in [0.2, 0.25) is 11.7 Å². The van der Waals surface area contributed by atoms with Crippen LogP contribution in [0.25, 0.3) is 22.8 Å². The second-order valence-corrected chi connectivity index (χ2v) is 7.57. The summed E-state index contributed by atoms with van der Waals surface area (Å²) >= 11 is 1.53. The van der Waals surface area contributed by atoms with Crippen LogP contribution in [0.1, 0.15) is 25.3 Å². The Kier molecular flexibility index (Phi) is 6.13. The maximum Gasteiger partial charge on any atom is 0.237 e. The highest BCUT2D eigenvalue weighted by Crippen LogP contribution is 2.27. The van der Waals surface area contributed by atoms with Gasteiger partial charge in [-0.2, -0.15) is 4.98 Å². The van der Waals surface area contributed by atoms with E-state index < -0.39 is 0 Å². The second-order valence-electron chi connectivity index (χ2n) is 6.63. The summed E-state index contributed by atoms with van der Waals surface area (Å²) in [6.07, 6.45) is 1.00. The van der Waals surface area contributed by atoms with E-state index in [9.17, 15) is 0 Å². The van der Waals surface area contributed by atoms with Gasteiger partial charge in [-0.05, 0) is 43.2 Å². The fourth-order valence-corrected chi connectivity index (χ4v) is 3.92. The van der Waals surface area contributed by atoms with Gasteiger partial charge in [-0.3, -0.25) is 0 Å². The summed E-state index contributed by atoms with van der Waals surface area (Å²) in [6.45, 7) is 4.97. The lowest BCUT2D eigenvalue weighted by Crippen LogP contribution is -2.00. The number of hydrogen-bond donors (Lipinski definition) is 0. The SMILES string of the molecule is CCc1ccc(-c2noc(CSc3nnc(-c4ccc(OC)cc4)n3CC)n2)cc1. The van der Waals surface area contributed by atoms with Gasteiger partial charge in [0, 0.05) is 17.7 Å². The number of aromatic nitrogens is 5. The van der Waals surface area contributed by atoms with Crippen molar-refractivity contribution in [1.29, 1.82) is 0 Å². The van der Waals surface area contributed by atoms with Gasteiger partial charge in [-0.15, -0.1) is 10.2 Å². The quantitative estimate of drug-likeness (QED) is 0.375. The first-order valence-electron chi connectivity index (χ1n) is 9.84. The molecule has 2 aromatic carbocycles. The lowest BCUT2D eigenvalue weighted by Gasteiger charge is -2.07. The lowest BCUT2D eigenvalue weighted by atomic mass is 10.1. The molecular formula is C22H23N5O2S. The Morgan fingerprint density at radius 3 is 2.37 bits per heavy atom. The van der Waals surface area contributed by atoms with E-state index in [-0.39, 0.29) is 0 Å². The van der Waals surface area contributed by atoms with E-state index in [1.165, 1.54) is 17.3 Å². The molecule has 7 nitrogen and oxygen atoms in total. The van der Waals surface area contributed by atoms with E-state index in [0.717, 1.165) is 40.8 Å². The Balaban J connectivity index is 1.47. The molecule has 0 atom stereocenters. The third-order valence-electron chi connectivity index (χ3n) is 4.79. The normalized spacial score (nSPS) is 11.0. The van der Waals surface area contributed by atoms with Crippen molar-refractivity contribution in [2.24, 2.45) is 0 Å². The van der Waals surface area contributed by atoms with Crippen molar-refractivity contribution in [2.45, 2.75) is 37.7 Å². The number of rotatable bonds is 8. The molecule has 2 heterocycles. The van der Waals surface area contributed by atoms with Crippen molar-refractivity contribution in [1.82, 2.24) is 24.9 Å². The number of hydrogen-bond acceptors (Lipinski definition) is 7. The highest BCUT2D eigenvalue weighted by molar-refractivity contribution is 7.98. The predicted molar refractivity (Wildman–Crippen MR) is 116 cm³/mol. The molecule has 0 amide bonds. The van der Waals surface area contributed by atoms with Crippen LogP contribution in [0.15, 0.2) is 58.2 Å². The largest absolute Gasteiger partial charge is 0.497 e. The highest BCUT2D eigenvalue weighted by Gasteiger charge is 2.15. The molecule has 0 fully saturated rings. The minimum atomic E-state index is 0.529. The van der Waals surface area contributed by atoms with E-state index >= 15 is 0 Å². The first-order valence-corrected chi connectivity index (χ1v) is 10.8. The van der Waals surface area contributed by atoms with Gasteiger partial charge < -0.3 is 13.8 Å². The molecule has 0 aliphatic rings. The van der Waals surface area contributed by atoms with Crippen LogP contribution >= 0.6 is 11.8 Å². The van der Waals surface area contributed by atoms with Gasteiger partial charge in [-0.25, -0.2) is 0 Å². The fourth-order valence-electron chi connectivity index (χ4n) is 3.08. The Morgan fingerprint density at radius 2 is 1.70 bits per heavy atom. The molecule has 0 N–H and O–H groups in total. The zero-order valence-corrected chi connectivity index (χ0v) is 18.0. The number of benzene rings is 2. The summed E-state index contributed by atoms with van der Waals surface area (Å²) in [6, 6.07) is 16.0. The number of methoxy groups -OCH3 is 1. The lowest BCUT2D eigenvalue weighted by molar-refractivity contribution is 0.391. The Bertz CT molecular complexity index is 1100. The Hall–Kier alpha value is -3.13. The number of aryl methyl sites for hydroxylation is 1. The van der Waals surface area contributed by atoms with Gasteiger partial charge in [0.15, 0.2) is 11.0 Å². The van der Waals surface area contributed by atoms with Crippen LogP contribution in [0.4, 0.5) is 0 Å². The molecule has 30 heavy (non-hydrogen) atoms. The van der Waals surface area contributed by atoms with Crippen LogP contribution in [0.2, 0.25) is 0 Å². The summed E-state index contributed by atoms with van der Waals surface area (Å²) in [4.78, 5) is 4.52. The molecule has 0 saturated carbocycles. The number of nitrogens with zero attached hydrogens (tertiary/aromatic N) is 5. The maximum atomic E-state index is 5.43. The molecular weight excluding hydrogens is 398 g/mol. The van der Waals surface area contributed by atoms with Crippen LogP contribution < -0.4 is 4.74 Å². The molecule has 0 radical (unpaired) electrons. The van der Waals surface area contributed by atoms with Gasteiger partial charge >= 0.3 is 0 Å². The molecule has 0 saturated heterocycles. The Labute approximate surface area is 179 Å². The second kappa shape index (κ2) is 9.13. The molecule has 0 aliphatic carbocycles. The van der Waals surface area contributed by atoms with E-state index in [0.29, 0.717) is 17.5 Å². The molecule has 0 spiro atoms. The van der Waals surface area contributed by atoms with Gasteiger partial charge in [-0.1, -0.05) is 48.1 Å². The number of ether oxygens (including phenoxy) is 1. The van der Waals surface area contributed by atoms with Crippen molar-refractivity contribution in [3.8, 4) is 28.5 Å². The van der Waals surface area contributed by atoms with E-state index in [1.807, 2.05) is 36.4 Å². The van der Waals surface area contributed by atoms with Gasteiger partial charge in [0.05, 0.1) is 12.9 Å². The van der Waals surface area contributed by atoms with E-state index in [2.05, 4.69) is 50.9 Å². The smallest absolute Gasteiger partial charge is 0.237 e. The topological polar surface area (TPSA) is 78.9 Å². The fraction of sp³-hybridized carbons (Fsp3) is 0.273. The third-order valence-corrected chi connectivity index (χ3v) is 5.75. The number of thioether (sulfide) groups is 1. The minimum Gasteiger partial charge on any atom is -0.497 e. The van der Waals surface area contributed by atoms with Crippen LogP contribution in [0.5, 0.6) is 5.75 Å². The zero-order valence-electron chi connectivity index (χ0n) is 17.2. The van der Waals surface area contributed by atoms with E-state index in [4.69, 9.17) is 9.26 Å². The summed E-state index contributed by atoms with van der Waals surface area (Å²) in [7, 11) is 1.65. The summed E-state index contributed by atoms with van der Waals surface area (Å²) in [5.74, 6) is 3.33. The summed E-state index contributed by atoms with van der Waals surface area (Å²) in [5.41, 5.74) is 3.22. The molecule has 0 bridgehead atoms. The van der Waals surface area contributed by atoms with Gasteiger partial charge in [0.1, 0.15) is 5.75 Å². The monoisotopic (exact) mass is 421 g/mol. The average Bonchev–Trinajstić information content (AvgIpc) is 3.44. The van der Waals surface area contributed by atoms with Crippen LogP contribution in [-0.2, 0) is 18.7 Å². The maximum absolute atomic E-state index is 5.43. The van der Waals surface area contributed by atoms with Gasteiger partial charge in [0.25, 0.3) is 0 Å². The first-order chi connectivity index (χ1) is 14.7. The van der Waals surface area contributed by atoms with Crippen LogP contribution in [-0.4, -0.2) is 32.0 Å². The van der Waals surface area contributed by atoms with Crippen molar-refractivity contribution in [2.75, 3.05) is 7.11 Å². The van der Waals surface area contributed by atoms with Crippen LogP contribution in [0, 0.1) is 0 Å². The zero-order chi connectivity index (χ0) is 20.9. The molecule has 0 aliphatic heterocycles. The molecule has 4 aromatic rings. The predicted octanol–water partition coefficient (Wildman–Crippen LogP) is 4.88. The minimum absolute atomic E-state index is 0.529. The van der Waals surface area contributed by atoms with Crippen molar-refractivity contribution >= 4 is 11.8 Å². The molecule has 154 valence electrons. The van der Waals surface area contributed by atoms with Crippen LogP contribution in [0.3, 0.4) is 0 Å².